The van der Waals surface area contributed by atoms with Gasteiger partial charge in [0.25, 0.3) is 0 Å². The smallest absolute Gasteiger partial charge is 0.175 e. The van der Waals surface area contributed by atoms with E-state index >= 15 is 0 Å². The highest BCUT2D eigenvalue weighted by molar-refractivity contribution is 9.10. The van der Waals surface area contributed by atoms with E-state index in [0.717, 1.165) is 34.4 Å². The Morgan fingerprint density at radius 1 is 0.926 bits per heavy atom. The number of methoxy groups -OCH3 is 1. The van der Waals surface area contributed by atoms with E-state index in [0.29, 0.717) is 12.4 Å². The molecule has 0 radical (unpaired) electrons. The zero-order valence-corrected chi connectivity index (χ0v) is 17.4. The average Bonchev–Trinajstić information content (AvgIpc) is 2.68. The molecule has 0 aliphatic heterocycles. The fourth-order valence-electron chi connectivity index (χ4n) is 2.60. The number of hydrogen-bond acceptors (Lipinski definition) is 4. The maximum Gasteiger partial charge on any atom is 0.175 e. The standard InChI is InChI=1S/C21H21BrN2O2.ClH/c1-25-20-12-18(14-24-13-16-7-9-23-10-8-16)11-19(22)21(20)26-15-17-5-3-2-4-6-17;/h2-12,24H,13-15H2,1H3;1H. The first-order valence-electron chi connectivity index (χ1n) is 8.39. The molecule has 0 aliphatic carbocycles. The summed E-state index contributed by atoms with van der Waals surface area (Å²) in [4.78, 5) is 4.03. The van der Waals surface area contributed by atoms with Crippen LogP contribution in [-0.4, -0.2) is 12.1 Å². The minimum atomic E-state index is 0. The topological polar surface area (TPSA) is 43.4 Å². The zero-order chi connectivity index (χ0) is 18.2. The van der Waals surface area contributed by atoms with Crippen LogP contribution in [0.5, 0.6) is 11.5 Å². The first kappa shape index (κ1) is 21.2. The van der Waals surface area contributed by atoms with Crippen molar-refractivity contribution >= 4 is 28.3 Å². The lowest BCUT2D eigenvalue weighted by atomic mass is 10.2. The van der Waals surface area contributed by atoms with Crippen LogP contribution in [0.15, 0.2) is 71.5 Å². The third-order valence-electron chi connectivity index (χ3n) is 3.92. The molecule has 142 valence electrons. The molecular formula is C21H22BrClN2O2. The van der Waals surface area contributed by atoms with Crippen LogP contribution in [0.25, 0.3) is 0 Å². The van der Waals surface area contributed by atoms with E-state index < -0.39 is 0 Å². The quantitative estimate of drug-likeness (QED) is 0.517. The van der Waals surface area contributed by atoms with Gasteiger partial charge in [-0.2, -0.15) is 0 Å². The summed E-state index contributed by atoms with van der Waals surface area (Å²) in [6, 6.07) is 18.1. The van der Waals surface area contributed by atoms with Crippen LogP contribution in [-0.2, 0) is 19.7 Å². The number of aromatic nitrogens is 1. The highest BCUT2D eigenvalue weighted by Crippen LogP contribution is 2.37. The average molecular weight is 450 g/mol. The number of rotatable bonds is 8. The Morgan fingerprint density at radius 3 is 2.33 bits per heavy atom. The molecule has 27 heavy (non-hydrogen) atoms. The van der Waals surface area contributed by atoms with E-state index in [-0.39, 0.29) is 12.4 Å². The number of pyridine rings is 1. The molecule has 1 aromatic heterocycles. The van der Waals surface area contributed by atoms with Gasteiger partial charge in [-0.25, -0.2) is 0 Å². The summed E-state index contributed by atoms with van der Waals surface area (Å²) in [6.45, 7) is 2.01. The lowest BCUT2D eigenvalue weighted by molar-refractivity contribution is 0.282. The summed E-state index contributed by atoms with van der Waals surface area (Å²) in [5.74, 6) is 1.44. The predicted octanol–water partition coefficient (Wildman–Crippen LogP) is 5.14. The number of benzene rings is 2. The number of ether oxygens (including phenoxy) is 2. The lowest BCUT2D eigenvalue weighted by Gasteiger charge is -2.15. The molecular weight excluding hydrogens is 428 g/mol. The fraction of sp³-hybridized carbons (Fsp3) is 0.190. The molecule has 0 unspecified atom stereocenters. The molecule has 2 aromatic carbocycles. The van der Waals surface area contributed by atoms with Gasteiger partial charge in [0.15, 0.2) is 11.5 Å². The summed E-state index contributed by atoms with van der Waals surface area (Å²) in [6.07, 6.45) is 3.60. The Balaban J connectivity index is 0.00000261. The second-order valence-corrected chi connectivity index (χ2v) is 6.70. The zero-order valence-electron chi connectivity index (χ0n) is 15.0. The number of halogens is 2. The molecule has 0 fully saturated rings. The van der Waals surface area contributed by atoms with Gasteiger partial charge >= 0.3 is 0 Å². The number of nitrogens with zero attached hydrogens (tertiary/aromatic N) is 1. The SMILES string of the molecule is COc1cc(CNCc2ccncc2)cc(Br)c1OCc1ccccc1.Cl. The van der Waals surface area contributed by atoms with Gasteiger partial charge in [-0.05, 0) is 56.9 Å². The van der Waals surface area contributed by atoms with E-state index in [9.17, 15) is 0 Å². The summed E-state index contributed by atoms with van der Waals surface area (Å²) < 4.78 is 12.4. The van der Waals surface area contributed by atoms with Gasteiger partial charge in [0.05, 0.1) is 11.6 Å². The van der Waals surface area contributed by atoms with Crippen molar-refractivity contribution < 1.29 is 9.47 Å². The van der Waals surface area contributed by atoms with Crippen LogP contribution < -0.4 is 14.8 Å². The Labute approximate surface area is 174 Å². The largest absolute Gasteiger partial charge is 0.493 e. The summed E-state index contributed by atoms with van der Waals surface area (Å²) in [5, 5.41) is 3.43. The summed E-state index contributed by atoms with van der Waals surface area (Å²) in [5.41, 5.74) is 3.44. The van der Waals surface area contributed by atoms with Gasteiger partial charge < -0.3 is 14.8 Å². The van der Waals surface area contributed by atoms with E-state index in [2.05, 4.69) is 32.3 Å². The maximum atomic E-state index is 5.97. The van der Waals surface area contributed by atoms with Crippen molar-refractivity contribution in [3.63, 3.8) is 0 Å². The van der Waals surface area contributed by atoms with Crippen LogP contribution in [0.2, 0.25) is 0 Å². The Kier molecular flexibility index (Phi) is 8.58. The fourth-order valence-corrected chi connectivity index (χ4v) is 3.20. The van der Waals surface area contributed by atoms with Crippen LogP contribution >= 0.6 is 28.3 Å². The van der Waals surface area contributed by atoms with Crippen LogP contribution in [0.1, 0.15) is 16.7 Å². The number of hydrogen-bond donors (Lipinski definition) is 1. The predicted molar refractivity (Wildman–Crippen MR) is 113 cm³/mol. The first-order chi connectivity index (χ1) is 12.8. The van der Waals surface area contributed by atoms with E-state index in [1.807, 2.05) is 48.5 Å². The van der Waals surface area contributed by atoms with E-state index in [1.165, 1.54) is 5.56 Å². The van der Waals surface area contributed by atoms with Crippen LogP contribution in [0.3, 0.4) is 0 Å². The third kappa shape index (κ3) is 6.24. The van der Waals surface area contributed by atoms with Crippen molar-refractivity contribution in [3.8, 4) is 11.5 Å². The lowest BCUT2D eigenvalue weighted by Crippen LogP contribution is -2.13. The van der Waals surface area contributed by atoms with Gasteiger partial charge in [0.2, 0.25) is 0 Å². The minimum absolute atomic E-state index is 0. The molecule has 0 saturated heterocycles. The Morgan fingerprint density at radius 2 is 1.63 bits per heavy atom. The molecule has 0 saturated carbocycles. The minimum Gasteiger partial charge on any atom is -0.493 e. The van der Waals surface area contributed by atoms with Crippen molar-refractivity contribution in [2.75, 3.05) is 7.11 Å². The summed E-state index contributed by atoms with van der Waals surface area (Å²) >= 11 is 3.61. The highest BCUT2D eigenvalue weighted by Gasteiger charge is 2.12. The Hall–Kier alpha value is -2.08. The van der Waals surface area contributed by atoms with Crippen molar-refractivity contribution in [1.29, 1.82) is 0 Å². The van der Waals surface area contributed by atoms with Gasteiger partial charge in [-0.3, -0.25) is 4.98 Å². The molecule has 1 N–H and O–H groups in total. The maximum absolute atomic E-state index is 5.97. The van der Waals surface area contributed by atoms with Gasteiger partial charge in [-0.1, -0.05) is 30.3 Å². The van der Waals surface area contributed by atoms with Gasteiger partial charge in [0.1, 0.15) is 6.61 Å². The van der Waals surface area contributed by atoms with Crippen molar-refractivity contribution in [2.24, 2.45) is 0 Å². The molecule has 3 aromatic rings. The second-order valence-electron chi connectivity index (χ2n) is 5.84. The molecule has 6 heteroatoms. The van der Waals surface area contributed by atoms with Gasteiger partial charge in [0, 0.05) is 25.5 Å². The summed E-state index contributed by atoms with van der Waals surface area (Å²) in [7, 11) is 1.66. The Bertz CT molecular complexity index is 832. The molecule has 0 amide bonds. The molecule has 0 aliphatic rings. The molecule has 0 atom stereocenters. The van der Waals surface area contributed by atoms with Crippen molar-refractivity contribution in [3.05, 3.63) is 88.2 Å². The third-order valence-corrected chi connectivity index (χ3v) is 4.51. The number of nitrogens with one attached hydrogen (secondary N) is 1. The monoisotopic (exact) mass is 448 g/mol. The van der Waals surface area contributed by atoms with Crippen LogP contribution in [0, 0.1) is 0 Å². The van der Waals surface area contributed by atoms with Crippen molar-refractivity contribution in [1.82, 2.24) is 10.3 Å². The highest BCUT2D eigenvalue weighted by atomic mass is 79.9. The van der Waals surface area contributed by atoms with E-state index in [1.54, 1.807) is 19.5 Å². The second kappa shape index (κ2) is 10.9. The molecule has 1 heterocycles. The van der Waals surface area contributed by atoms with Gasteiger partial charge in [-0.15, -0.1) is 12.4 Å². The normalized spacial score (nSPS) is 10.1. The van der Waals surface area contributed by atoms with E-state index in [4.69, 9.17) is 9.47 Å². The molecule has 4 nitrogen and oxygen atoms in total. The van der Waals surface area contributed by atoms with Crippen LogP contribution in [0.4, 0.5) is 0 Å². The molecule has 3 rings (SSSR count). The first-order valence-corrected chi connectivity index (χ1v) is 9.18. The molecule has 0 bridgehead atoms. The molecule has 0 spiro atoms. The van der Waals surface area contributed by atoms with Crippen molar-refractivity contribution in [2.45, 2.75) is 19.7 Å².